The van der Waals surface area contributed by atoms with Crippen molar-refractivity contribution in [3.8, 4) is 0 Å². The fraction of sp³-hybridized carbons (Fsp3) is 0. The number of carbonyl (C=O) groups is 1. The monoisotopic (exact) mass is 326 g/mol. The van der Waals surface area contributed by atoms with Crippen LogP contribution >= 0.6 is 0 Å². The lowest BCUT2D eigenvalue weighted by atomic mass is 10.1. The Hall–Kier alpha value is -2.86. The van der Waals surface area contributed by atoms with Gasteiger partial charge >= 0.3 is 0 Å². The Bertz CT molecular complexity index is 943. The smallest absolute Gasteiger partial charge is 0.267 e. The Morgan fingerprint density at radius 3 is 2.17 bits per heavy atom. The highest BCUT2D eigenvalue weighted by Gasteiger charge is 2.18. The first-order valence-corrected chi connectivity index (χ1v) is 8.31. The molecule has 0 fully saturated rings. The SMILES string of the molecule is Nc1ccc(C(=O)c2ccn(S(=O)(=O)c3ccccc3)c2)cc1. The molecule has 1 heterocycles. The molecule has 5 nitrogen and oxygen atoms in total. The largest absolute Gasteiger partial charge is 0.399 e. The first-order chi connectivity index (χ1) is 11.0. The number of nitrogens with two attached hydrogens (primary N) is 1. The summed E-state index contributed by atoms with van der Waals surface area (Å²) in [4.78, 5) is 12.6. The molecular weight excluding hydrogens is 312 g/mol. The van der Waals surface area contributed by atoms with Gasteiger partial charge in [0, 0.05) is 29.2 Å². The number of aromatic nitrogens is 1. The predicted molar refractivity (Wildman–Crippen MR) is 87.7 cm³/mol. The van der Waals surface area contributed by atoms with Crippen LogP contribution in [-0.4, -0.2) is 18.2 Å². The first kappa shape index (κ1) is 15.1. The molecular formula is C17H14N2O3S. The van der Waals surface area contributed by atoms with E-state index in [1.165, 1.54) is 30.6 Å². The zero-order valence-electron chi connectivity index (χ0n) is 12.1. The Labute approximate surface area is 134 Å². The van der Waals surface area contributed by atoms with Gasteiger partial charge in [0.05, 0.1) is 4.90 Å². The van der Waals surface area contributed by atoms with Crippen LogP contribution in [0.4, 0.5) is 5.69 Å². The highest BCUT2D eigenvalue weighted by atomic mass is 32.2. The van der Waals surface area contributed by atoms with Crippen LogP contribution in [0.5, 0.6) is 0 Å². The second kappa shape index (κ2) is 5.73. The number of ketones is 1. The van der Waals surface area contributed by atoms with Crippen molar-refractivity contribution in [1.29, 1.82) is 0 Å². The van der Waals surface area contributed by atoms with Crippen molar-refractivity contribution < 1.29 is 13.2 Å². The van der Waals surface area contributed by atoms with Crippen LogP contribution < -0.4 is 5.73 Å². The molecule has 0 radical (unpaired) electrons. The van der Waals surface area contributed by atoms with Crippen molar-refractivity contribution in [3.63, 3.8) is 0 Å². The van der Waals surface area contributed by atoms with Gasteiger partial charge in [0.1, 0.15) is 0 Å². The second-order valence-electron chi connectivity index (χ2n) is 5.00. The third kappa shape index (κ3) is 2.89. The minimum atomic E-state index is -3.70. The Balaban J connectivity index is 1.95. The van der Waals surface area contributed by atoms with Crippen LogP contribution in [0.3, 0.4) is 0 Å². The maximum atomic E-state index is 12.5. The molecule has 0 spiro atoms. The van der Waals surface area contributed by atoms with E-state index in [1.807, 2.05) is 0 Å². The molecule has 0 aliphatic rings. The zero-order chi connectivity index (χ0) is 16.4. The van der Waals surface area contributed by atoms with Crippen molar-refractivity contribution in [2.45, 2.75) is 4.90 Å². The number of nitrogens with zero attached hydrogens (tertiary/aromatic N) is 1. The number of hydrogen-bond acceptors (Lipinski definition) is 4. The maximum Gasteiger partial charge on any atom is 0.267 e. The van der Waals surface area contributed by atoms with E-state index < -0.39 is 10.0 Å². The predicted octanol–water partition coefficient (Wildman–Crippen LogP) is 2.54. The van der Waals surface area contributed by atoms with E-state index in [4.69, 9.17) is 5.73 Å². The molecule has 0 aliphatic heterocycles. The molecule has 2 N–H and O–H groups in total. The normalized spacial score (nSPS) is 11.3. The topological polar surface area (TPSA) is 82.2 Å². The van der Waals surface area contributed by atoms with E-state index in [0.29, 0.717) is 16.8 Å². The van der Waals surface area contributed by atoms with Gasteiger partial charge in [-0.2, -0.15) is 0 Å². The average molecular weight is 326 g/mol. The molecule has 3 aromatic rings. The van der Waals surface area contributed by atoms with Gasteiger partial charge in [-0.05, 0) is 42.5 Å². The maximum absolute atomic E-state index is 12.5. The first-order valence-electron chi connectivity index (χ1n) is 6.87. The van der Waals surface area contributed by atoms with Crippen molar-refractivity contribution in [1.82, 2.24) is 3.97 Å². The van der Waals surface area contributed by atoms with Crippen LogP contribution in [0.1, 0.15) is 15.9 Å². The fourth-order valence-electron chi connectivity index (χ4n) is 2.18. The Kier molecular flexibility index (Phi) is 3.75. The van der Waals surface area contributed by atoms with Crippen molar-refractivity contribution in [2.75, 3.05) is 5.73 Å². The number of nitrogen functional groups attached to an aromatic ring is 1. The lowest BCUT2D eigenvalue weighted by Crippen LogP contribution is -2.11. The molecule has 0 saturated heterocycles. The highest BCUT2D eigenvalue weighted by molar-refractivity contribution is 7.90. The van der Waals surface area contributed by atoms with Gasteiger partial charge in [0.2, 0.25) is 0 Å². The van der Waals surface area contributed by atoms with Crippen LogP contribution in [0, 0.1) is 0 Å². The van der Waals surface area contributed by atoms with Crippen LogP contribution in [0.15, 0.2) is 78.0 Å². The summed E-state index contributed by atoms with van der Waals surface area (Å²) in [6, 6.07) is 16.0. The molecule has 0 bridgehead atoms. The van der Waals surface area contributed by atoms with E-state index in [0.717, 1.165) is 3.97 Å². The van der Waals surface area contributed by atoms with E-state index in [9.17, 15) is 13.2 Å². The summed E-state index contributed by atoms with van der Waals surface area (Å²) in [5, 5.41) is 0. The third-order valence-electron chi connectivity index (χ3n) is 3.42. The number of carbonyl (C=O) groups excluding carboxylic acids is 1. The van der Waals surface area contributed by atoms with E-state index in [1.54, 1.807) is 42.5 Å². The second-order valence-corrected chi connectivity index (χ2v) is 6.84. The zero-order valence-corrected chi connectivity index (χ0v) is 12.9. The summed E-state index contributed by atoms with van der Waals surface area (Å²) in [5.41, 5.74) is 6.91. The molecule has 0 saturated carbocycles. The quantitative estimate of drug-likeness (QED) is 0.590. The number of rotatable bonds is 4. The summed E-state index contributed by atoms with van der Waals surface area (Å²) in [6.07, 6.45) is 2.69. The summed E-state index contributed by atoms with van der Waals surface area (Å²) >= 11 is 0. The van der Waals surface area contributed by atoms with Crippen LogP contribution in [-0.2, 0) is 10.0 Å². The molecule has 116 valence electrons. The van der Waals surface area contributed by atoms with Crippen LogP contribution in [0.25, 0.3) is 0 Å². The molecule has 6 heteroatoms. The summed E-state index contributed by atoms with van der Waals surface area (Å²) in [5.74, 6) is -0.257. The van der Waals surface area contributed by atoms with Gasteiger partial charge in [-0.3, -0.25) is 4.79 Å². The molecule has 0 amide bonds. The summed E-state index contributed by atoms with van der Waals surface area (Å²) in [6.45, 7) is 0. The van der Waals surface area contributed by atoms with E-state index in [-0.39, 0.29) is 10.7 Å². The lowest BCUT2D eigenvalue weighted by Gasteiger charge is -2.05. The highest BCUT2D eigenvalue weighted by Crippen LogP contribution is 2.17. The van der Waals surface area contributed by atoms with Crippen LogP contribution in [0.2, 0.25) is 0 Å². The molecule has 2 aromatic carbocycles. The number of anilines is 1. The Morgan fingerprint density at radius 1 is 0.870 bits per heavy atom. The van der Waals surface area contributed by atoms with Gasteiger partial charge in [-0.15, -0.1) is 0 Å². The molecule has 23 heavy (non-hydrogen) atoms. The summed E-state index contributed by atoms with van der Waals surface area (Å²) < 4.78 is 26.0. The molecule has 0 atom stereocenters. The Morgan fingerprint density at radius 2 is 1.52 bits per heavy atom. The van der Waals surface area contributed by atoms with E-state index in [2.05, 4.69) is 0 Å². The van der Waals surface area contributed by atoms with Gasteiger partial charge < -0.3 is 5.73 Å². The summed E-state index contributed by atoms with van der Waals surface area (Å²) in [7, 11) is -3.70. The molecule has 0 aliphatic carbocycles. The van der Waals surface area contributed by atoms with Crippen molar-refractivity contribution >= 4 is 21.5 Å². The molecule has 3 rings (SSSR count). The van der Waals surface area contributed by atoms with Gasteiger partial charge in [0.25, 0.3) is 10.0 Å². The van der Waals surface area contributed by atoms with Gasteiger partial charge in [-0.1, -0.05) is 18.2 Å². The van der Waals surface area contributed by atoms with Crippen molar-refractivity contribution in [2.24, 2.45) is 0 Å². The number of benzene rings is 2. The average Bonchev–Trinajstić information content (AvgIpc) is 3.06. The van der Waals surface area contributed by atoms with E-state index >= 15 is 0 Å². The van der Waals surface area contributed by atoms with Gasteiger partial charge in [-0.25, -0.2) is 12.4 Å². The number of hydrogen-bond donors (Lipinski definition) is 1. The minimum Gasteiger partial charge on any atom is -0.399 e. The van der Waals surface area contributed by atoms with Crippen molar-refractivity contribution in [3.05, 3.63) is 84.2 Å². The third-order valence-corrected chi connectivity index (χ3v) is 5.07. The van der Waals surface area contributed by atoms with Gasteiger partial charge in [0.15, 0.2) is 5.78 Å². The molecule has 0 unspecified atom stereocenters. The molecule has 1 aromatic heterocycles. The fourth-order valence-corrected chi connectivity index (χ4v) is 3.39. The standard InChI is InChI=1S/C17H14N2O3S/c18-15-8-6-13(7-9-15)17(20)14-10-11-19(12-14)23(21,22)16-4-2-1-3-5-16/h1-12H,18H2. The minimum absolute atomic E-state index is 0.169. The lowest BCUT2D eigenvalue weighted by molar-refractivity contribution is 0.103.